The van der Waals surface area contributed by atoms with Crippen molar-refractivity contribution < 1.29 is 18.3 Å². The van der Waals surface area contributed by atoms with Crippen molar-refractivity contribution in [3.63, 3.8) is 0 Å². The molecule has 4 N–H and O–H groups in total. The average Bonchev–Trinajstić information content (AvgIpc) is 3.27. The number of sulfonamides is 1. The van der Waals surface area contributed by atoms with Crippen LogP contribution in [0.5, 0.6) is 0 Å². The van der Waals surface area contributed by atoms with Crippen LogP contribution < -0.4 is 15.4 Å². The summed E-state index contributed by atoms with van der Waals surface area (Å²) in [5.41, 5.74) is 1.23. The minimum Gasteiger partial charge on any atom is -0.391 e. The molecule has 3 rings (SSSR count). The molecule has 26 heavy (non-hydrogen) atoms. The van der Waals surface area contributed by atoms with E-state index in [1.54, 1.807) is 41.8 Å². The molecule has 1 aliphatic heterocycles. The van der Waals surface area contributed by atoms with E-state index in [2.05, 4.69) is 15.4 Å². The number of carbonyl (C=O) groups is 1. The number of amides is 1. The van der Waals surface area contributed by atoms with E-state index in [1.165, 1.54) is 0 Å². The number of hydrogen-bond acceptors (Lipinski definition) is 6. The molecule has 140 valence electrons. The third-order valence-electron chi connectivity index (χ3n) is 4.20. The smallest absolute Gasteiger partial charge is 0.271 e. The number of β-amino-alcohol motifs (C(OH)–C–C–N with tert-alkyl or cyclic N) is 1. The monoisotopic (exact) mass is 395 g/mol. The number of benzene rings is 1. The zero-order valence-electron chi connectivity index (χ0n) is 14.0. The zero-order valence-corrected chi connectivity index (χ0v) is 15.6. The molecule has 1 saturated heterocycles. The Hall–Kier alpha value is -1.94. The van der Waals surface area contributed by atoms with Crippen LogP contribution in [-0.4, -0.2) is 45.2 Å². The second-order valence-electron chi connectivity index (χ2n) is 6.20. The number of aliphatic hydroxyl groups is 1. The first-order valence-corrected chi connectivity index (χ1v) is 10.6. The molecule has 2 heterocycles. The van der Waals surface area contributed by atoms with Crippen LogP contribution >= 0.6 is 11.3 Å². The Bertz CT molecular complexity index is 835. The highest BCUT2D eigenvalue weighted by atomic mass is 32.2. The van der Waals surface area contributed by atoms with Crippen LogP contribution in [0.3, 0.4) is 0 Å². The molecule has 0 radical (unpaired) electrons. The molecule has 2 unspecified atom stereocenters. The van der Waals surface area contributed by atoms with E-state index in [1.807, 2.05) is 0 Å². The van der Waals surface area contributed by atoms with Gasteiger partial charge in [-0.15, -0.1) is 11.3 Å². The maximum absolute atomic E-state index is 12.2. The number of anilines is 1. The van der Waals surface area contributed by atoms with Gasteiger partial charge in [0.05, 0.1) is 12.5 Å². The highest BCUT2D eigenvalue weighted by Crippen LogP contribution is 2.20. The fourth-order valence-electron chi connectivity index (χ4n) is 2.73. The molecule has 1 aromatic heterocycles. The Kier molecular flexibility index (Phi) is 5.92. The number of aliphatic hydroxyl groups excluding tert-OH is 1. The highest BCUT2D eigenvalue weighted by molar-refractivity contribution is 7.94. The average molecular weight is 396 g/mol. The Morgan fingerprint density at radius 1 is 1.23 bits per heavy atom. The predicted molar refractivity (Wildman–Crippen MR) is 101 cm³/mol. The third-order valence-corrected chi connectivity index (χ3v) is 6.98. The standard InChI is InChI=1S/C17H21N3O4S2/c21-15-11-18-9-13(15)10-19-16(22)8-12-3-5-14(6-4-12)20-26(23,24)17-2-1-7-25-17/h1-7,13,15,18,20-21H,8-11H2,(H,19,22). The number of nitrogens with one attached hydrogen (secondary N) is 3. The Morgan fingerprint density at radius 2 is 2.00 bits per heavy atom. The lowest BCUT2D eigenvalue weighted by atomic mass is 10.1. The minimum atomic E-state index is -3.57. The fraction of sp³-hybridized carbons (Fsp3) is 0.353. The molecule has 1 amide bonds. The minimum absolute atomic E-state index is 0.0352. The van der Waals surface area contributed by atoms with Gasteiger partial charge in [0, 0.05) is 31.2 Å². The van der Waals surface area contributed by atoms with Crippen molar-refractivity contribution >= 4 is 33.0 Å². The molecule has 1 aliphatic rings. The normalized spacial score (nSPS) is 20.0. The first-order valence-electron chi connectivity index (χ1n) is 8.25. The van der Waals surface area contributed by atoms with Crippen LogP contribution in [-0.2, 0) is 21.2 Å². The zero-order chi connectivity index (χ0) is 18.6. The van der Waals surface area contributed by atoms with E-state index >= 15 is 0 Å². The van der Waals surface area contributed by atoms with Gasteiger partial charge in [-0.05, 0) is 29.1 Å². The lowest BCUT2D eigenvalue weighted by molar-refractivity contribution is -0.120. The van der Waals surface area contributed by atoms with Crippen LogP contribution in [0.2, 0.25) is 0 Å². The summed E-state index contributed by atoms with van der Waals surface area (Å²) in [5, 5.41) is 17.3. The molecule has 0 saturated carbocycles. The van der Waals surface area contributed by atoms with Gasteiger partial charge in [-0.2, -0.15) is 0 Å². The molecule has 1 aromatic carbocycles. The van der Waals surface area contributed by atoms with Crippen molar-refractivity contribution in [3.8, 4) is 0 Å². The molecule has 2 aromatic rings. The van der Waals surface area contributed by atoms with Crippen molar-refractivity contribution in [3.05, 3.63) is 47.3 Å². The predicted octanol–water partition coefficient (Wildman–Crippen LogP) is 0.788. The van der Waals surface area contributed by atoms with Crippen molar-refractivity contribution in [2.45, 2.75) is 16.7 Å². The van der Waals surface area contributed by atoms with E-state index in [-0.39, 0.29) is 22.5 Å². The van der Waals surface area contributed by atoms with Gasteiger partial charge < -0.3 is 15.7 Å². The van der Waals surface area contributed by atoms with Crippen LogP contribution in [0.25, 0.3) is 0 Å². The Balaban J connectivity index is 1.52. The molecule has 9 heteroatoms. The molecule has 1 fully saturated rings. The van der Waals surface area contributed by atoms with E-state index < -0.39 is 16.1 Å². The summed E-state index contributed by atoms with van der Waals surface area (Å²) in [7, 11) is -3.57. The number of hydrogen-bond donors (Lipinski definition) is 4. The summed E-state index contributed by atoms with van der Waals surface area (Å²) in [6, 6.07) is 9.94. The maximum atomic E-state index is 12.2. The van der Waals surface area contributed by atoms with Gasteiger partial charge >= 0.3 is 0 Å². The fourth-order valence-corrected chi connectivity index (χ4v) is 4.78. The lowest BCUT2D eigenvalue weighted by Crippen LogP contribution is -2.35. The van der Waals surface area contributed by atoms with Crippen molar-refractivity contribution in [1.29, 1.82) is 0 Å². The topological polar surface area (TPSA) is 108 Å². The van der Waals surface area contributed by atoms with Gasteiger partial charge in [-0.1, -0.05) is 18.2 Å². The largest absolute Gasteiger partial charge is 0.391 e. The summed E-state index contributed by atoms with van der Waals surface area (Å²) in [6.07, 6.45) is -0.222. The molecule has 2 atom stereocenters. The van der Waals surface area contributed by atoms with Gasteiger partial charge in [-0.3, -0.25) is 9.52 Å². The maximum Gasteiger partial charge on any atom is 0.271 e. The first-order chi connectivity index (χ1) is 12.4. The number of rotatable bonds is 7. The van der Waals surface area contributed by atoms with Gasteiger partial charge in [0.2, 0.25) is 5.91 Å². The van der Waals surface area contributed by atoms with Gasteiger partial charge in [0.25, 0.3) is 10.0 Å². The quantitative estimate of drug-likeness (QED) is 0.554. The molecule has 0 aliphatic carbocycles. The van der Waals surface area contributed by atoms with E-state index in [9.17, 15) is 18.3 Å². The summed E-state index contributed by atoms with van der Waals surface area (Å²) < 4.78 is 27.1. The number of thiophene rings is 1. The Morgan fingerprint density at radius 3 is 2.62 bits per heavy atom. The highest BCUT2D eigenvalue weighted by Gasteiger charge is 2.25. The third kappa shape index (κ3) is 4.82. The van der Waals surface area contributed by atoms with Gasteiger partial charge in [0.1, 0.15) is 4.21 Å². The molecular formula is C17H21N3O4S2. The second kappa shape index (κ2) is 8.17. The van der Waals surface area contributed by atoms with E-state index in [4.69, 9.17) is 0 Å². The molecule has 0 spiro atoms. The molecule has 7 nitrogen and oxygen atoms in total. The summed E-state index contributed by atoms with van der Waals surface area (Å²) >= 11 is 1.15. The van der Waals surface area contributed by atoms with Gasteiger partial charge in [-0.25, -0.2) is 8.42 Å². The van der Waals surface area contributed by atoms with Crippen LogP contribution in [0.1, 0.15) is 5.56 Å². The SMILES string of the molecule is O=C(Cc1ccc(NS(=O)(=O)c2cccs2)cc1)NCC1CNCC1O. The Labute approximate surface area is 156 Å². The van der Waals surface area contributed by atoms with Crippen LogP contribution in [0.4, 0.5) is 5.69 Å². The van der Waals surface area contributed by atoms with Crippen LogP contribution in [0, 0.1) is 5.92 Å². The van der Waals surface area contributed by atoms with Crippen molar-refractivity contribution in [2.75, 3.05) is 24.4 Å². The second-order valence-corrected chi connectivity index (χ2v) is 9.06. The van der Waals surface area contributed by atoms with Crippen LogP contribution in [0.15, 0.2) is 46.0 Å². The van der Waals surface area contributed by atoms with E-state index in [0.29, 0.717) is 25.3 Å². The van der Waals surface area contributed by atoms with E-state index in [0.717, 1.165) is 16.9 Å². The van der Waals surface area contributed by atoms with Crippen molar-refractivity contribution in [1.82, 2.24) is 10.6 Å². The first kappa shape index (κ1) is 18.8. The van der Waals surface area contributed by atoms with Crippen molar-refractivity contribution in [2.24, 2.45) is 5.92 Å². The summed E-state index contributed by atoms with van der Waals surface area (Å²) in [6.45, 7) is 1.69. The summed E-state index contributed by atoms with van der Waals surface area (Å²) in [5.74, 6) is -0.0935. The van der Waals surface area contributed by atoms with Gasteiger partial charge in [0.15, 0.2) is 0 Å². The lowest BCUT2D eigenvalue weighted by Gasteiger charge is -2.14. The summed E-state index contributed by atoms with van der Waals surface area (Å²) in [4.78, 5) is 12.0. The molecular weight excluding hydrogens is 374 g/mol. The number of carbonyl (C=O) groups excluding carboxylic acids is 1. The molecule has 0 bridgehead atoms.